The molecule has 0 atom stereocenters. The summed E-state index contributed by atoms with van der Waals surface area (Å²) >= 11 is 5.85. The second kappa shape index (κ2) is 9.07. The predicted octanol–water partition coefficient (Wildman–Crippen LogP) is 3.53. The van der Waals surface area contributed by atoms with E-state index in [-0.39, 0.29) is 23.7 Å². The Balaban J connectivity index is 1.72. The minimum absolute atomic E-state index is 0.0199. The van der Waals surface area contributed by atoms with Gasteiger partial charge in [0, 0.05) is 29.9 Å². The Morgan fingerprint density at radius 2 is 1.50 bits per heavy atom. The minimum atomic E-state index is 0.0199. The Morgan fingerprint density at radius 1 is 1.00 bits per heavy atom. The lowest BCUT2D eigenvalue weighted by Gasteiger charge is -2.27. The molecule has 1 aliphatic rings. The second-order valence-corrected chi connectivity index (χ2v) is 7.47. The van der Waals surface area contributed by atoms with E-state index < -0.39 is 0 Å². The van der Waals surface area contributed by atoms with Crippen molar-refractivity contribution in [3.8, 4) is 0 Å². The molecule has 1 aromatic rings. The van der Waals surface area contributed by atoms with Gasteiger partial charge in [0.2, 0.25) is 11.8 Å². The average Bonchev–Trinajstić information content (AvgIpc) is 2.59. The molecule has 0 heterocycles. The number of carbonyl (C=O) groups is 2. The molecule has 0 bridgehead atoms. The van der Waals surface area contributed by atoms with Crippen LogP contribution < -0.4 is 10.6 Å². The summed E-state index contributed by atoms with van der Waals surface area (Å²) in [6.45, 7) is 5.41. The van der Waals surface area contributed by atoms with Gasteiger partial charge in [-0.25, -0.2) is 0 Å². The lowest BCUT2D eigenvalue weighted by atomic mass is 9.81. The summed E-state index contributed by atoms with van der Waals surface area (Å²) in [6, 6.07) is 7.48. The van der Waals surface area contributed by atoms with Crippen LogP contribution in [0.5, 0.6) is 0 Å². The molecule has 1 aliphatic carbocycles. The van der Waals surface area contributed by atoms with Crippen molar-refractivity contribution in [2.75, 3.05) is 6.54 Å². The van der Waals surface area contributed by atoms with E-state index in [2.05, 4.69) is 24.5 Å². The number of amides is 2. The van der Waals surface area contributed by atoms with Crippen LogP contribution in [-0.4, -0.2) is 18.4 Å². The SMILES string of the molecule is CC(C)CNC(=O)C1CCC(C(=O)NCc2ccc(Cl)cc2)CC1. The Bertz CT molecular complexity index is 549. The maximum Gasteiger partial charge on any atom is 0.223 e. The smallest absolute Gasteiger partial charge is 0.223 e. The number of hydrogen-bond acceptors (Lipinski definition) is 2. The maximum atomic E-state index is 12.3. The van der Waals surface area contributed by atoms with E-state index in [0.717, 1.165) is 37.8 Å². The molecular formula is C19H27ClN2O2. The second-order valence-electron chi connectivity index (χ2n) is 7.03. The van der Waals surface area contributed by atoms with E-state index >= 15 is 0 Å². The van der Waals surface area contributed by atoms with Crippen molar-refractivity contribution < 1.29 is 9.59 Å². The summed E-state index contributed by atoms with van der Waals surface area (Å²) in [6.07, 6.45) is 3.16. The fraction of sp³-hybridized carbons (Fsp3) is 0.579. The number of halogens is 1. The molecule has 2 amide bonds. The first kappa shape index (κ1) is 18.8. The zero-order chi connectivity index (χ0) is 17.5. The fourth-order valence-corrected chi connectivity index (χ4v) is 3.13. The molecule has 1 saturated carbocycles. The Kier molecular flexibility index (Phi) is 7.10. The van der Waals surface area contributed by atoms with Crippen molar-refractivity contribution in [1.29, 1.82) is 0 Å². The van der Waals surface area contributed by atoms with E-state index in [9.17, 15) is 9.59 Å². The zero-order valence-electron chi connectivity index (χ0n) is 14.5. The van der Waals surface area contributed by atoms with Crippen molar-refractivity contribution in [2.24, 2.45) is 17.8 Å². The molecule has 0 unspecified atom stereocenters. The Morgan fingerprint density at radius 3 is 2.00 bits per heavy atom. The van der Waals surface area contributed by atoms with E-state index in [1.54, 1.807) is 0 Å². The summed E-state index contributed by atoms with van der Waals surface area (Å²) in [7, 11) is 0. The number of benzene rings is 1. The predicted molar refractivity (Wildman–Crippen MR) is 96.6 cm³/mol. The summed E-state index contributed by atoms with van der Waals surface area (Å²) in [5, 5.41) is 6.68. The first-order valence-electron chi connectivity index (χ1n) is 8.75. The van der Waals surface area contributed by atoms with E-state index in [1.165, 1.54) is 0 Å². The van der Waals surface area contributed by atoms with Crippen LogP contribution >= 0.6 is 11.6 Å². The molecule has 0 aromatic heterocycles. The Hall–Kier alpha value is -1.55. The molecule has 0 radical (unpaired) electrons. The average molecular weight is 351 g/mol. The summed E-state index contributed by atoms with van der Waals surface area (Å²) in [5.41, 5.74) is 1.04. The van der Waals surface area contributed by atoms with Crippen molar-refractivity contribution in [1.82, 2.24) is 10.6 Å². The van der Waals surface area contributed by atoms with Crippen molar-refractivity contribution in [3.05, 3.63) is 34.9 Å². The molecule has 4 nitrogen and oxygen atoms in total. The zero-order valence-corrected chi connectivity index (χ0v) is 15.2. The lowest BCUT2D eigenvalue weighted by molar-refractivity contribution is -0.130. The highest BCUT2D eigenvalue weighted by atomic mass is 35.5. The first-order chi connectivity index (χ1) is 11.5. The van der Waals surface area contributed by atoms with Gasteiger partial charge in [-0.1, -0.05) is 37.6 Å². The van der Waals surface area contributed by atoms with E-state index in [4.69, 9.17) is 11.6 Å². The molecule has 2 rings (SSSR count). The monoisotopic (exact) mass is 350 g/mol. The lowest BCUT2D eigenvalue weighted by Crippen LogP contribution is -2.38. The molecule has 1 aromatic carbocycles. The van der Waals surface area contributed by atoms with Crippen LogP contribution in [0, 0.1) is 17.8 Å². The standard InChI is InChI=1S/C19H27ClN2O2/c1-13(2)11-21-18(23)15-5-7-16(8-6-15)19(24)22-12-14-3-9-17(20)10-4-14/h3-4,9-10,13,15-16H,5-8,11-12H2,1-2H3,(H,21,23)(H,22,24). The van der Waals surface area contributed by atoms with E-state index in [0.29, 0.717) is 17.5 Å². The number of carbonyl (C=O) groups excluding carboxylic acids is 2. The van der Waals surface area contributed by atoms with Gasteiger partial charge in [-0.15, -0.1) is 0 Å². The molecule has 132 valence electrons. The van der Waals surface area contributed by atoms with Crippen molar-refractivity contribution in [3.63, 3.8) is 0 Å². The highest BCUT2D eigenvalue weighted by molar-refractivity contribution is 6.30. The van der Waals surface area contributed by atoms with E-state index in [1.807, 2.05) is 24.3 Å². The van der Waals surface area contributed by atoms with Crippen molar-refractivity contribution >= 4 is 23.4 Å². The third kappa shape index (κ3) is 5.82. The van der Waals surface area contributed by atoms with Crippen LogP contribution in [0.15, 0.2) is 24.3 Å². The van der Waals surface area contributed by atoms with Gasteiger partial charge in [0.25, 0.3) is 0 Å². The van der Waals surface area contributed by atoms with Gasteiger partial charge in [0.05, 0.1) is 0 Å². The normalized spacial score (nSPS) is 20.7. The largest absolute Gasteiger partial charge is 0.356 e. The van der Waals surface area contributed by atoms with Gasteiger partial charge in [0.15, 0.2) is 0 Å². The molecule has 2 N–H and O–H groups in total. The summed E-state index contributed by atoms with van der Waals surface area (Å²) in [4.78, 5) is 24.4. The van der Waals surface area contributed by atoms with Gasteiger partial charge < -0.3 is 10.6 Å². The topological polar surface area (TPSA) is 58.2 Å². The van der Waals surface area contributed by atoms with Crippen LogP contribution in [0.2, 0.25) is 5.02 Å². The summed E-state index contributed by atoms with van der Waals surface area (Å²) in [5.74, 6) is 0.772. The quantitative estimate of drug-likeness (QED) is 0.824. The maximum absolute atomic E-state index is 12.3. The van der Waals surface area contributed by atoms with Crippen LogP contribution in [0.4, 0.5) is 0 Å². The van der Waals surface area contributed by atoms with Crippen LogP contribution in [0.3, 0.4) is 0 Å². The molecule has 0 saturated heterocycles. The van der Waals surface area contributed by atoms with Crippen LogP contribution in [0.25, 0.3) is 0 Å². The third-order valence-corrected chi connectivity index (χ3v) is 4.79. The van der Waals surface area contributed by atoms with Gasteiger partial charge in [-0.3, -0.25) is 9.59 Å². The van der Waals surface area contributed by atoms with Gasteiger partial charge in [0.1, 0.15) is 0 Å². The van der Waals surface area contributed by atoms with Crippen LogP contribution in [0.1, 0.15) is 45.1 Å². The van der Waals surface area contributed by atoms with Gasteiger partial charge in [-0.2, -0.15) is 0 Å². The van der Waals surface area contributed by atoms with Crippen molar-refractivity contribution in [2.45, 2.75) is 46.1 Å². The number of rotatable bonds is 6. The molecule has 24 heavy (non-hydrogen) atoms. The highest BCUT2D eigenvalue weighted by Crippen LogP contribution is 2.29. The fourth-order valence-electron chi connectivity index (χ4n) is 3.00. The van der Waals surface area contributed by atoms with Gasteiger partial charge in [-0.05, 0) is 49.3 Å². The third-order valence-electron chi connectivity index (χ3n) is 4.53. The molecular weight excluding hydrogens is 324 g/mol. The number of nitrogens with one attached hydrogen (secondary N) is 2. The highest BCUT2D eigenvalue weighted by Gasteiger charge is 2.29. The molecule has 0 spiro atoms. The Labute approximate surface area is 149 Å². The number of hydrogen-bond donors (Lipinski definition) is 2. The van der Waals surface area contributed by atoms with Gasteiger partial charge >= 0.3 is 0 Å². The van der Waals surface area contributed by atoms with Crippen LogP contribution in [-0.2, 0) is 16.1 Å². The first-order valence-corrected chi connectivity index (χ1v) is 9.13. The minimum Gasteiger partial charge on any atom is -0.356 e. The molecule has 1 fully saturated rings. The molecule has 0 aliphatic heterocycles. The summed E-state index contributed by atoms with van der Waals surface area (Å²) < 4.78 is 0. The molecule has 5 heteroatoms.